The summed E-state index contributed by atoms with van der Waals surface area (Å²) in [5.74, 6) is 0.290. The number of guanidine groups is 1. The van der Waals surface area contributed by atoms with Crippen molar-refractivity contribution in [2.24, 2.45) is 10.1 Å². The number of fused-ring (bicyclic) bond motifs is 1. The molecule has 2 aliphatic rings. The Morgan fingerprint density at radius 2 is 2.06 bits per heavy atom. The summed E-state index contributed by atoms with van der Waals surface area (Å²) in [5.41, 5.74) is 8.00. The average molecular weight is 507 g/mol. The molecule has 0 spiro atoms. The monoisotopic (exact) mass is 506 g/mol. The van der Waals surface area contributed by atoms with Gasteiger partial charge in [0.15, 0.2) is 0 Å². The molecule has 3 rings (SSSR count). The van der Waals surface area contributed by atoms with Gasteiger partial charge in [-0.05, 0) is 70.2 Å². The number of nitrogens with two attached hydrogens (primary N) is 1. The second-order valence-electron chi connectivity index (χ2n) is 9.30. The standard InChI is InChI=1S/C24H34N4O6S/c1-7-13-33-23(30)26-18-9-8-12-28(21(18)29)22(25)27-35(31,32)20-15(3)14(2)19-17(16(20)4)10-11-24(5,6)34-19/h7,10-11,18,21,29H,1,8-9,12-13H2,2-6H3,(H2,25,27)(H,26,30)/t18-,21?/m0/s1. The molecule has 1 aromatic rings. The van der Waals surface area contributed by atoms with Crippen molar-refractivity contribution in [1.82, 2.24) is 10.2 Å². The fourth-order valence-electron chi connectivity index (χ4n) is 4.34. The Bertz CT molecular complexity index is 1190. The van der Waals surface area contributed by atoms with Crippen LogP contribution in [0.25, 0.3) is 6.08 Å². The maximum absolute atomic E-state index is 13.4. The van der Waals surface area contributed by atoms with Crippen molar-refractivity contribution >= 4 is 28.2 Å². The predicted molar refractivity (Wildman–Crippen MR) is 134 cm³/mol. The molecule has 1 fully saturated rings. The molecule has 2 atom stereocenters. The highest BCUT2D eigenvalue weighted by molar-refractivity contribution is 7.90. The number of aliphatic hydroxyl groups is 1. The molecule has 10 nitrogen and oxygen atoms in total. The van der Waals surface area contributed by atoms with E-state index in [1.807, 2.05) is 32.9 Å². The van der Waals surface area contributed by atoms with Crippen LogP contribution in [0.1, 0.15) is 48.9 Å². The van der Waals surface area contributed by atoms with Crippen molar-refractivity contribution in [3.8, 4) is 5.75 Å². The van der Waals surface area contributed by atoms with Gasteiger partial charge in [0.2, 0.25) is 5.96 Å². The van der Waals surface area contributed by atoms with Gasteiger partial charge in [0.05, 0.1) is 10.9 Å². The molecule has 4 N–H and O–H groups in total. The zero-order valence-corrected chi connectivity index (χ0v) is 21.6. The molecule has 2 heterocycles. The van der Waals surface area contributed by atoms with Gasteiger partial charge in [0.1, 0.15) is 24.2 Å². The highest BCUT2D eigenvalue weighted by Crippen LogP contribution is 2.41. The number of hydrogen-bond acceptors (Lipinski definition) is 6. The number of nitrogens with zero attached hydrogens (tertiary/aromatic N) is 2. The average Bonchev–Trinajstić information content (AvgIpc) is 2.76. The molecule has 1 saturated heterocycles. The highest BCUT2D eigenvalue weighted by atomic mass is 32.2. The topological polar surface area (TPSA) is 144 Å². The van der Waals surface area contributed by atoms with Crippen molar-refractivity contribution < 1.29 is 27.8 Å². The first-order valence-corrected chi connectivity index (χ1v) is 12.8. The SMILES string of the molecule is C=CCOC(=O)N[C@H]1CCCN(/C(N)=N/S(=O)(=O)c2c(C)c(C)c3c(c2C)C=CC(C)(C)O3)C1O. The van der Waals surface area contributed by atoms with Crippen LogP contribution >= 0.6 is 0 Å². The first-order valence-electron chi connectivity index (χ1n) is 11.4. The van der Waals surface area contributed by atoms with Gasteiger partial charge in [0, 0.05) is 12.1 Å². The molecule has 192 valence electrons. The molecule has 11 heteroatoms. The van der Waals surface area contributed by atoms with Gasteiger partial charge < -0.3 is 30.5 Å². The minimum atomic E-state index is -4.23. The zero-order valence-electron chi connectivity index (χ0n) is 20.8. The van der Waals surface area contributed by atoms with Crippen LogP contribution < -0.4 is 15.8 Å². The van der Waals surface area contributed by atoms with Gasteiger partial charge in [0.25, 0.3) is 10.0 Å². The Kier molecular flexibility index (Phi) is 7.51. The molecular weight excluding hydrogens is 472 g/mol. The molecule has 1 unspecified atom stereocenters. The van der Waals surface area contributed by atoms with E-state index in [9.17, 15) is 18.3 Å². The molecule has 1 amide bonds. The molecule has 0 aromatic heterocycles. The van der Waals surface area contributed by atoms with E-state index in [2.05, 4.69) is 16.3 Å². The third-order valence-electron chi connectivity index (χ3n) is 6.24. The summed E-state index contributed by atoms with van der Waals surface area (Å²) in [6.07, 6.45) is 4.19. The number of benzene rings is 1. The molecule has 0 radical (unpaired) electrons. The maximum Gasteiger partial charge on any atom is 0.407 e. The fraction of sp³-hybridized carbons (Fsp3) is 0.500. The van der Waals surface area contributed by atoms with Gasteiger partial charge in [-0.15, -0.1) is 4.40 Å². The predicted octanol–water partition coefficient (Wildman–Crippen LogP) is 2.49. The molecule has 0 aliphatic carbocycles. The number of alkyl carbamates (subject to hydrolysis) is 1. The summed E-state index contributed by atoms with van der Waals surface area (Å²) < 4.78 is 41.7. The van der Waals surface area contributed by atoms with Crippen LogP contribution in [0.4, 0.5) is 4.79 Å². The van der Waals surface area contributed by atoms with E-state index in [-0.39, 0.29) is 24.0 Å². The summed E-state index contributed by atoms with van der Waals surface area (Å²) in [4.78, 5) is 13.2. The number of carbonyl (C=O) groups is 1. The highest BCUT2D eigenvalue weighted by Gasteiger charge is 2.35. The number of aliphatic hydroxyl groups excluding tert-OH is 1. The van der Waals surface area contributed by atoms with Crippen LogP contribution in [0.5, 0.6) is 5.75 Å². The summed E-state index contributed by atoms with van der Waals surface area (Å²) in [6.45, 7) is 12.9. The van der Waals surface area contributed by atoms with Crippen molar-refractivity contribution in [2.45, 2.75) is 70.2 Å². The van der Waals surface area contributed by atoms with Crippen molar-refractivity contribution in [1.29, 1.82) is 0 Å². The third kappa shape index (κ3) is 5.46. The summed E-state index contributed by atoms with van der Waals surface area (Å²) in [7, 11) is -4.23. The Morgan fingerprint density at radius 3 is 2.71 bits per heavy atom. The van der Waals surface area contributed by atoms with Gasteiger partial charge in [-0.2, -0.15) is 8.42 Å². The lowest BCUT2D eigenvalue weighted by atomic mass is 9.94. The molecule has 1 aromatic carbocycles. The number of amides is 1. The Hall–Kier alpha value is -3.05. The normalized spacial score (nSPS) is 21.7. The summed E-state index contributed by atoms with van der Waals surface area (Å²) in [5, 5.41) is 13.3. The van der Waals surface area contributed by atoms with Gasteiger partial charge in [-0.1, -0.05) is 18.7 Å². The van der Waals surface area contributed by atoms with Crippen molar-refractivity contribution in [3.63, 3.8) is 0 Å². The maximum atomic E-state index is 13.4. The number of rotatable bonds is 5. The number of piperidine rings is 1. The molecule has 35 heavy (non-hydrogen) atoms. The molecule has 0 bridgehead atoms. The number of likely N-dealkylation sites (tertiary alicyclic amines) is 1. The Balaban J connectivity index is 1.93. The van der Waals surface area contributed by atoms with Crippen molar-refractivity contribution in [3.05, 3.63) is 41.0 Å². The van der Waals surface area contributed by atoms with Crippen LogP contribution in [0.3, 0.4) is 0 Å². The number of hydrogen-bond donors (Lipinski definition) is 3. The molecule has 0 saturated carbocycles. The smallest absolute Gasteiger partial charge is 0.407 e. The quantitative estimate of drug-likeness (QED) is 0.314. The zero-order chi connectivity index (χ0) is 26.1. The lowest BCUT2D eigenvalue weighted by Crippen LogP contribution is -2.58. The Labute approximate surface area is 206 Å². The van der Waals surface area contributed by atoms with Crippen LogP contribution in [-0.4, -0.2) is 61.5 Å². The van der Waals surface area contributed by atoms with Crippen molar-refractivity contribution in [2.75, 3.05) is 13.2 Å². The lowest BCUT2D eigenvalue weighted by Gasteiger charge is -2.38. The first-order chi connectivity index (χ1) is 16.3. The largest absolute Gasteiger partial charge is 0.483 e. The van der Waals surface area contributed by atoms with Gasteiger partial charge in [-0.3, -0.25) is 0 Å². The van der Waals surface area contributed by atoms with E-state index in [4.69, 9.17) is 15.2 Å². The Morgan fingerprint density at radius 1 is 1.37 bits per heavy atom. The van der Waals surface area contributed by atoms with Crippen LogP contribution in [0.2, 0.25) is 0 Å². The van der Waals surface area contributed by atoms with E-state index in [0.717, 1.165) is 0 Å². The number of ether oxygens (including phenoxy) is 2. The van der Waals surface area contributed by atoms with Gasteiger partial charge in [-0.25, -0.2) is 4.79 Å². The minimum absolute atomic E-state index is 0.0246. The first kappa shape index (κ1) is 26.6. The van der Waals surface area contributed by atoms with Crippen LogP contribution in [-0.2, 0) is 14.8 Å². The second kappa shape index (κ2) is 9.90. The minimum Gasteiger partial charge on any atom is -0.483 e. The number of nitrogens with one attached hydrogen (secondary N) is 1. The number of sulfonamides is 1. The summed E-state index contributed by atoms with van der Waals surface area (Å²) >= 11 is 0. The third-order valence-corrected chi connectivity index (χ3v) is 7.80. The van der Waals surface area contributed by atoms with Gasteiger partial charge >= 0.3 is 6.09 Å². The van der Waals surface area contributed by atoms with E-state index in [1.165, 1.54) is 11.0 Å². The summed E-state index contributed by atoms with van der Waals surface area (Å²) in [6, 6.07) is -0.711. The van der Waals surface area contributed by atoms with Crippen LogP contribution in [0, 0.1) is 20.8 Å². The fourth-order valence-corrected chi connectivity index (χ4v) is 5.82. The lowest BCUT2D eigenvalue weighted by molar-refractivity contribution is -0.00594. The molecule has 2 aliphatic heterocycles. The van der Waals surface area contributed by atoms with E-state index in [0.29, 0.717) is 40.8 Å². The second-order valence-corrected chi connectivity index (χ2v) is 10.8. The van der Waals surface area contributed by atoms with E-state index < -0.39 is 34.0 Å². The van der Waals surface area contributed by atoms with Crippen LogP contribution in [0.15, 0.2) is 28.0 Å². The van der Waals surface area contributed by atoms with E-state index in [1.54, 1.807) is 13.8 Å². The van der Waals surface area contributed by atoms with E-state index >= 15 is 0 Å². The number of carbonyl (C=O) groups excluding carboxylic acids is 1. The molecular formula is C24H34N4O6S.